The summed E-state index contributed by atoms with van der Waals surface area (Å²) in [5.41, 5.74) is 5.73. The minimum atomic E-state index is -2.21. The number of carbonyl (C=O) groups is 1. The number of anilines is 1. The number of rotatable bonds is 9. The Bertz CT molecular complexity index is 2090. The highest BCUT2D eigenvalue weighted by Gasteiger charge is 2.45. The van der Waals surface area contributed by atoms with Crippen molar-refractivity contribution in [2.45, 2.75) is 114 Å². The van der Waals surface area contributed by atoms with E-state index in [-0.39, 0.29) is 38.7 Å². The summed E-state index contributed by atoms with van der Waals surface area (Å²) in [6.45, 7) is 18.9. The fraction of sp³-hybridized carbons (Fsp3) is 0.535. The molecule has 286 valence electrons. The molecule has 0 atom stereocenters. The number of thioether (sulfide) groups is 1. The SMILES string of the molecule is CC(=O)SC1CCN(c2nc(OCC34CCCN3CCC4)nc3c(F)c(-c4cccc5ccc(F)c(C#C[Si](C(C)C)(C(C)C)C(C)C)c45)ncc23)CC1. The van der Waals surface area contributed by atoms with E-state index in [2.05, 4.69) is 62.8 Å². The van der Waals surface area contributed by atoms with Crippen LogP contribution in [0.1, 0.15) is 92.6 Å². The molecule has 5 heterocycles. The molecule has 7 rings (SSSR count). The van der Waals surface area contributed by atoms with Crippen molar-refractivity contribution in [3.05, 3.63) is 53.7 Å². The van der Waals surface area contributed by atoms with Gasteiger partial charge in [-0.05, 0) is 79.7 Å². The van der Waals surface area contributed by atoms with Crippen molar-refractivity contribution in [1.82, 2.24) is 19.9 Å². The Morgan fingerprint density at radius 1 is 0.981 bits per heavy atom. The maximum atomic E-state index is 17.3. The van der Waals surface area contributed by atoms with E-state index in [0.717, 1.165) is 57.0 Å². The molecule has 54 heavy (non-hydrogen) atoms. The number of ether oxygens (including phenoxy) is 1. The van der Waals surface area contributed by atoms with Crippen LogP contribution in [-0.2, 0) is 4.79 Å². The van der Waals surface area contributed by atoms with Crippen LogP contribution >= 0.6 is 11.8 Å². The first-order chi connectivity index (χ1) is 25.8. The molecule has 11 heteroatoms. The van der Waals surface area contributed by atoms with E-state index < -0.39 is 19.7 Å². The smallest absolute Gasteiger partial charge is 0.319 e. The van der Waals surface area contributed by atoms with Gasteiger partial charge in [0.25, 0.3) is 0 Å². The van der Waals surface area contributed by atoms with Gasteiger partial charge in [-0.25, -0.2) is 8.78 Å². The van der Waals surface area contributed by atoms with Gasteiger partial charge in [0.2, 0.25) is 0 Å². The first-order valence-corrected chi connectivity index (χ1v) is 22.9. The minimum absolute atomic E-state index is 0.0334. The predicted molar refractivity (Wildman–Crippen MR) is 220 cm³/mol. The van der Waals surface area contributed by atoms with E-state index in [0.29, 0.717) is 58.5 Å². The number of aromatic nitrogens is 3. The van der Waals surface area contributed by atoms with E-state index >= 15 is 8.78 Å². The Labute approximate surface area is 324 Å². The van der Waals surface area contributed by atoms with Crippen LogP contribution in [0.4, 0.5) is 14.6 Å². The third kappa shape index (κ3) is 7.03. The Morgan fingerprint density at radius 2 is 1.67 bits per heavy atom. The van der Waals surface area contributed by atoms with Crippen molar-refractivity contribution in [3.63, 3.8) is 0 Å². The minimum Gasteiger partial charge on any atom is -0.461 e. The van der Waals surface area contributed by atoms with E-state index in [1.165, 1.54) is 17.8 Å². The third-order valence-corrected chi connectivity index (χ3v) is 19.9. The van der Waals surface area contributed by atoms with Gasteiger partial charge in [0, 0.05) is 42.4 Å². The van der Waals surface area contributed by atoms with Crippen LogP contribution in [0.2, 0.25) is 16.6 Å². The molecule has 3 fully saturated rings. The average Bonchev–Trinajstić information content (AvgIpc) is 3.72. The van der Waals surface area contributed by atoms with Gasteiger partial charge in [0.1, 0.15) is 37.5 Å². The van der Waals surface area contributed by atoms with Crippen molar-refractivity contribution >= 4 is 52.4 Å². The topological polar surface area (TPSA) is 71.5 Å². The van der Waals surface area contributed by atoms with Gasteiger partial charge in [0.15, 0.2) is 10.9 Å². The van der Waals surface area contributed by atoms with E-state index in [1.807, 2.05) is 12.1 Å². The molecular formula is C43H53F2N5O2SSi. The first kappa shape index (κ1) is 38.7. The summed E-state index contributed by atoms with van der Waals surface area (Å²) in [6, 6.07) is 8.90. The van der Waals surface area contributed by atoms with Crippen molar-refractivity contribution in [2.75, 3.05) is 37.7 Å². The van der Waals surface area contributed by atoms with Crippen LogP contribution in [0, 0.1) is 23.1 Å². The number of fused-ring (bicyclic) bond motifs is 3. The van der Waals surface area contributed by atoms with Gasteiger partial charge in [0.05, 0.1) is 16.5 Å². The highest BCUT2D eigenvalue weighted by Crippen LogP contribution is 2.43. The second kappa shape index (κ2) is 15.5. The highest BCUT2D eigenvalue weighted by molar-refractivity contribution is 8.14. The second-order valence-electron chi connectivity index (χ2n) is 16.5. The third-order valence-electron chi connectivity index (χ3n) is 12.5. The molecular weight excluding hydrogens is 717 g/mol. The number of nitrogens with zero attached hydrogens (tertiary/aromatic N) is 5. The normalized spacial score (nSPS) is 17.9. The number of piperidine rings is 1. The van der Waals surface area contributed by atoms with Crippen molar-refractivity contribution < 1.29 is 18.3 Å². The molecule has 0 aliphatic carbocycles. The molecule has 4 aromatic rings. The van der Waals surface area contributed by atoms with Crippen LogP contribution < -0.4 is 9.64 Å². The standard InChI is InChI=1S/C43H53F2N5O2SSi/c1-27(2)54(28(3)4,29(5)6)24-17-33-36(44)14-13-31-11-8-12-34(37(31)33)39-38(45)40-35(25-46-39)41(49-22-15-32(16-23-49)53-30(7)51)48-42(47-40)52-26-43-18-9-20-50(43)21-10-19-43/h8,11-14,25,27-29,32H,9-10,15-16,18-23,26H2,1-7H3. The maximum Gasteiger partial charge on any atom is 0.319 e. The summed E-state index contributed by atoms with van der Waals surface area (Å²) >= 11 is 1.39. The predicted octanol–water partition coefficient (Wildman–Crippen LogP) is 9.95. The fourth-order valence-electron chi connectivity index (χ4n) is 9.87. The molecule has 0 saturated carbocycles. The number of pyridine rings is 1. The summed E-state index contributed by atoms with van der Waals surface area (Å²) in [6.07, 6.45) is 7.66. The van der Waals surface area contributed by atoms with E-state index in [4.69, 9.17) is 19.7 Å². The number of benzene rings is 2. The van der Waals surface area contributed by atoms with Crippen molar-refractivity contribution in [3.8, 4) is 28.7 Å². The molecule has 0 bridgehead atoms. The molecule has 0 N–H and O–H groups in total. The second-order valence-corrected chi connectivity index (χ2v) is 23.5. The van der Waals surface area contributed by atoms with Crippen LogP contribution in [-0.4, -0.2) is 76.6 Å². The van der Waals surface area contributed by atoms with E-state index in [1.54, 1.807) is 25.3 Å². The lowest BCUT2D eigenvalue weighted by atomic mass is 9.95. The Hall–Kier alpha value is -3.59. The molecule has 3 aliphatic rings. The molecule has 0 spiro atoms. The lowest BCUT2D eigenvalue weighted by Crippen LogP contribution is -2.43. The molecule has 3 aliphatic heterocycles. The summed E-state index contributed by atoms with van der Waals surface area (Å²) < 4.78 is 39.7. The van der Waals surface area contributed by atoms with Gasteiger partial charge in [-0.3, -0.25) is 14.7 Å². The zero-order valence-corrected chi connectivity index (χ0v) is 34.6. The number of hydrogen-bond donors (Lipinski definition) is 0. The summed E-state index contributed by atoms with van der Waals surface area (Å²) in [5, 5.41) is 2.16. The average molecular weight is 770 g/mol. The van der Waals surface area contributed by atoms with Gasteiger partial charge < -0.3 is 9.64 Å². The molecule has 0 unspecified atom stereocenters. The fourth-order valence-corrected chi connectivity index (χ4v) is 16.0. The molecule has 0 radical (unpaired) electrons. The summed E-state index contributed by atoms with van der Waals surface area (Å²) in [4.78, 5) is 30.9. The zero-order valence-electron chi connectivity index (χ0n) is 32.8. The molecule has 3 saturated heterocycles. The van der Waals surface area contributed by atoms with Crippen molar-refractivity contribution in [2.24, 2.45) is 0 Å². The zero-order chi connectivity index (χ0) is 38.4. The maximum absolute atomic E-state index is 17.3. The largest absolute Gasteiger partial charge is 0.461 e. The quantitative estimate of drug-likeness (QED) is 0.123. The summed E-state index contributed by atoms with van der Waals surface area (Å²) in [5.74, 6) is 2.91. The Balaban J connectivity index is 1.36. The van der Waals surface area contributed by atoms with Crippen LogP contribution in [0.3, 0.4) is 0 Å². The van der Waals surface area contributed by atoms with Gasteiger partial charge in [-0.1, -0.05) is 83.5 Å². The van der Waals surface area contributed by atoms with Crippen LogP contribution in [0.25, 0.3) is 32.9 Å². The highest BCUT2D eigenvalue weighted by atomic mass is 32.2. The Morgan fingerprint density at radius 3 is 2.31 bits per heavy atom. The van der Waals surface area contributed by atoms with Crippen LogP contribution in [0.15, 0.2) is 36.5 Å². The van der Waals surface area contributed by atoms with Crippen LogP contribution in [0.5, 0.6) is 6.01 Å². The lowest BCUT2D eigenvalue weighted by molar-refractivity contribution is -0.109. The van der Waals surface area contributed by atoms with E-state index in [9.17, 15) is 4.79 Å². The van der Waals surface area contributed by atoms with Crippen molar-refractivity contribution in [1.29, 1.82) is 0 Å². The molecule has 0 amide bonds. The van der Waals surface area contributed by atoms with Gasteiger partial charge >= 0.3 is 6.01 Å². The number of halogens is 2. The Kier molecular flexibility index (Phi) is 11.1. The molecule has 2 aromatic heterocycles. The summed E-state index contributed by atoms with van der Waals surface area (Å²) in [7, 11) is -2.21. The van der Waals surface area contributed by atoms with Gasteiger partial charge in [-0.2, -0.15) is 9.97 Å². The molecule has 2 aromatic carbocycles. The molecule has 7 nitrogen and oxygen atoms in total. The number of hydrogen-bond acceptors (Lipinski definition) is 8. The van der Waals surface area contributed by atoms with Gasteiger partial charge in [-0.15, -0.1) is 5.54 Å². The monoisotopic (exact) mass is 769 g/mol. The first-order valence-electron chi connectivity index (χ1n) is 19.8. The number of carbonyl (C=O) groups excluding carboxylic acids is 1. The lowest BCUT2D eigenvalue weighted by Gasteiger charge is -2.38.